The first kappa shape index (κ1) is 17.5. The molecule has 3 nitrogen and oxygen atoms in total. The van der Waals surface area contributed by atoms with Crippen molar-refractivity contribution in [1.29, 1.82) is 0 Å². The summed E-state index contributed by atoms with van der Waals surface area (Å²) in [5.74, 6) is 2.32. The highest BCUT2D eigenvalue weighted by Gasteiger charge is 2.38. The highest BCUT2D eigenvalue weighted by atomic mass is 79.9. The van der Waals surface area contributed by atoms with Gasteiger partial charge in [0.2, 0.25) is 5.91 Å². The summed E-state index contributed by atoms with van der Waals surface area (Å²) in [6, 6.07) is 8.59. The van der Waals surface area contributed by atoms with Crippen molar-refractivity contribution in [2.75, 3.05) is 26.2 Å². The zero-order valence-corrected chi connectivity index (χ0v) is 16.6. The molecule has 0 radical (unpaired) electrons. The van der Waals surface area contributed by atoms with E-state index >= 15 is 0 Å². The fourth-order valence-corrected chi connectivity index (χ4v) is 5.29. The highest BCUT2D eigenvalue weighted by molar-refractivity contribution is 9.10. The maximum atomic E-state index is 12.9. The van der Waals surface area contributed by atoms with Crippen molar-refractivity contribution in [3.8, 4) is 0 Å². The monoisotopic (exact) mass is 404 g/mol. The molecule has 2 atom stereocenters. The van der Waals surface area contributed by atoms with Crippen molar-refractivity contribution in [2.24, 2.45) is 17.8 Å². The first-order valence-corrected chi connectivity index (χ1v) is 10.7. The Balaban J connectivity index is 1.27. The smallest absolute Gasteiger partial charge is 0.225 e. The number of amides is 1. The number of nitrogens with zero attached hydrogens (tertiary/aromatic N) is 2. The summed E-state index contributed by atoms with van der Waals surface area (Å²) >= 11 is 3.49. The van der Waals surface area contributed by atoms with E-state index < -0.39 is 0 Å². The van der Waals surface area contributed by atoms with Crippen LogP contribution in [0.1, 0.15) is 44.1 Å². The maximum Gasteiger partial charge on any atom is 0.225 e. The van der Waals surface area contributed by atoms with E-state index in [2.05, 4.69) is 50.0 Å². The Morgan fingerprint density at radius 2 is 1.56 bits per heavy atom. The molecule has 3 fully saturated rings. The van der Waals surface area contributed by atoms with E-state index in [9.17, 15) is 4.79 Å². The zero-order chi connectivity index (χ0) is 17.2. The summed E-state index contributed by atoms with van der Waals surface area (Å²) in [6.45, 7) is 5.19. The van der Waals surface area contributed by atoms with Crippen LogP contribution in [-0.4, -0.2) is 41.9 Å². The molecular weight excluding hydrogens is 376 g/mol. The second kappa shape index (κ2) is 7.79. The largest absolute Gasteiger partial charge is 0.342 e. The molecule has 0 bridgehead atoms. The standard InChI is InChI=1S/C21H29BrN2O/c22-20-7-5-16(6-8-20)13-23-11-9-17(10-12-23)21(25)24-14-18-3-1-2-4-19(18)15-24/h5-8,17-19H,1-4,9-15H2. The number of carbonyl (C=O) groups excluding carboxylic acids is 1. The number of hydrogen-bond donors (Lipinski definition) is 0. The van der Waals surface area contributed by atoms with Crippen LogP contribution in [0.4, 0.5) is 0 Å². The van der Waals surface area contributed by atoms with Gasteiger partial charge in [0.1, 0.15) is 0 Å². The van der Waals surface area contributed by atoms with E-state index in [4.69, 9.17) is 0 Å². The summed E-state index contributed by atoms with van der Waals surface area (Å²) in [5.41, 5.74) is 1.36. The number of carbonyl (C=O) groups is 1. The second-order valence-corrected chi connectivity index (χ2v) is 9.14. The Kier molecular flexibility index (Phi) is 5.47. The maximum absolute atomic E-state index is 12.9. The summed E-state index contributed by atoms with van der Waals surface area (Å²) in [7, 11) is 0. The zero-order valence-electron chi connectivity index (χ0n) is 15.0. The number of piperidine rings is 1. The minimum atomic E-state index is 0.265. The van der Waals surface area contributed by atoms with Gasteiger partial charge in [0.25, 0.3) is 0 Å². The molecule has 1 aromatic rings. The third-order valence-corrected chi connectivity index (χ3v) is 7.07. The minimum Gasteiger partial charge on any atom is -0.342 e. The van der Waals surface area contributed by atoms with Gasteiger partial charge < -0.3 is 4.90 Å². The average molecular weight is 405 g/mol. The van der Waals surface area contributed by atoms with Crippen LogP contribution in [0.15, 0.2) is 28.7 Å². The highest BCUT2D eigenvalue weighted by Crippen LogP contribution is 2.37. The molecule has 1 amide bonds. The predicted octanol–water partition coefficient (Wildman–Crippen LogP) is 4.31. The molecule has 25 heavy (non-hydrogen) atoms. The van der Waals surface area contributed by atoms with Crippen LogP contribution in [0.25, 0.3) is 0 Å². The Hall–Kier alpha value is -0.870. The van der Waals surface area contributed by atoms with Gasteiger partial charge in [0.15, 0.2) is 0 Å². The molecule has 0 N–H and O–H groups in total. The fraction of sp³-hybridized carbons (Fsp3) is 0.667. The van der Waals surface area contributed by atoms with E-state index in [0.29, 0.717) is 5.91 Å². The number of benzene rings is 1. The van der Waals surface area contributed by atoms with E-state index in [0.717, 1.165) is 61.9 Å². The first-order chi connectivity index (χ1) is 12.2. The number of rotatable bonds is 3. The van der Waals surface area contributed by atoms with E-state index in [1.807, 2.05) is 0 Å². The van der Waals surface area contributed by atoms with Crippen molar-refractivity contribution in [1.82, 2.24) is 9.80 Å². The number of likely N-dealkylation sites (tertiary alicyclic amines) is 2. The van der Waals surface area contributed by atoms with Crippen molar-refractivity contribution in [3.05, 3.63) is 34.3 Å². The van der Waals surface area contributed by atoms with Crippen molar-refractivity contribution in [2.45, 2.75) is 45.1 Å². The van der Waals surface area contributed by atoms with Gasteiger partial charge in [-0.2, -0.15) is 0 Å². The molecule has 4 heteroatoms. The molecule has 2 unspecified atom stereocenters. The lowest BCUT2D eigenvalue weighted by Gasteiger charge is -2.33. The van der Waals surface area contributed by atoms with Crippen molar-refractivity contribution in [3.63, 3.8) is 0 Å². The van der Waals surface area contributed by atoms with Gasteiger partial charge in [-0.1, -0.05) is 40.9 Å². The van der Waals surface area contributed by atoms with Crippen LogP contribution in [0.3, 0.4) is 0 Å². The summed E-state index contributed by atoms with van der Waals surface area (Å²) in [6.07, 6.45) is 7.50. The summed E-state index contributed by atoms with van der Waals surface area (Å²) < 4.78 is 1.13. The van der Waals surface area contributed by atoms with Crippen LogP contribution >= 0.6 is 15.9 Å². The van der Waals surface area contributed by atoms with Gasteiger partial charge in [-0.3, -0.25) is 9.69 Å². The molecule has 1 saturated carbocycles. The molecule has 0 aromatic heterocycles. The molecule has 2 heterocycles. The molecule has 4 rings (SSSR count). The lowest BCUT2D eigenvalue weighted by atomic mass is 9.82. The quantitative estimate of drug-likeness (QED) is 0.748. The van der Waals surface area contributed by atoms with E-state index in [1.54, 1.807) is 0 Å². The lowest BCUT2D eigenvalue weighted by Crippen LogP contribution is -2.41. The number of halogens is 1. The van der Waals surface area contributed by atoms with Gasteiger partial charge in [0.05, 0.1) is 0 Å². The second-order valence-electron chi connectivity index (χ2n) is 8.22. The summed E-state index contributed by atoms with van der Waals surface area (Å²) in [5, 5.41) is 0. The van der Waals surface area contributed by atoms with Crippen LogP contribution < -0.4 is 0 Å². The van der Waals surface area contributed by atoms with E-state index in [-0.39, 0.29) is 5.92 Å². The molecular formula is C21H29BrN2O. The van der Waals surface area contributed by atoms with Gasteiger partial charge >= 0.3 is 0 Å². The van der Waals surface area contributed by atoms with Gasteiger partial charge in [0, 0.05) is 30.0 Å². The first-order valence-electron chi connectivity index (χ1n) is 9.94. The average Bonchev–Trinajstić information content (AvgIpc) is 3.08. The summed E-state index contributed by atoms with van der Waals surface area (Å²) in [4.78, 5) is 17.7. The van der Waals surface area contributed by atoms with Crippen LogP contribution in [0.2, 0.25) is 0 Å². The third-order valence-electron chi connectivity index (χ3n) is 6.54. The Labute approximate surface area is 159 Å². The minimum absolute atomic E-state index is 0.265. The topological polar surface area (TPSA) is 23.6 Å². The van der Waals surface area contributed by atoms with Crippen LogP contribution in [-0.2, 0) is 11.3 Å². The van der Waals surface area contributed by atoms with Gasteiger partial charge in [-0.05, 0) is 68.3 Å². The van der Waals surface area contributed by atoms with Gasteiger partial charge in [-0.25, -0.2) is 0 Å². The molecule has 1 aliphatic carbocycles. The molecule has 0 spiro atoms. The Bertz CT molecular complexity index is 580. The van der Waals surface area contributed by atoms with Crippen LogP contribution in [0, 0.1) is 17.8 Å². The number of fused-ring (bicyclic) bond motifs is 1. The third kappa shape index (κ3) is 4.11. The predicted molar refractivity (Wildman–Crippen MR) is 104 cm³/mol. The van der Waals surface area contributed by atoms with E-state index in [1.165, 1.54) is 31.2 Å². The lowest BCUT2D eigenvalue weighted by molar-refractivity contribution is -0.136. The Morgan fingerprint density at radius 3 is 2.16 bits per heavy atom. The molecule has 2 saturated heterocycles. The van der Waals surface area contributed by atoms with Crippen molar-refractivity contribution >= 4 is 21.8 Å². The van der Waals surface area contributed by atoms with Crippen LogP contribution in [0.5, 0.6) is 0 Å². The normalized spacial score (nSPS) is 28.1. The molecule has 136 valence electrons. The Morgan fingerprint density at radius 1 is 0.960 bits per heavy atom. The molecule has 1 aromatic carbocycles. The number of hydrogen-bond acceptors (Lipinski definition) is 2. The van der Waals surface area contributed by atoms with Gasteiger partial charge in [-0.15, -0.1) is 0 Å². The fourth-order valence-electron chi connectivity index (χ4n) is 5.03. The van der Waals surface area contributed by atoms with Crippen molar-refractivity contribution < 1.29 is 4.79 Å². The SMILES string of the molecule is O=C(C1CCN(Cc2ccc(Br)cc2)CC1)N1CC2CCCCC2C1. The molecule has 2 aliphatic heterocycles. The molecule has 3 aliphatic rings.